The fraction of sp³-hybridized carbons (Fsp3) is 0.231. The van der Waals surface area contributed by atoms with Gasteiger partial charge in [0.2, 0.25) is 0 Å². The van der Waals surface area contributed by atoms with Gasteiger partial charge in [-0.25, -0.2) is 4.99 Å². The summed E-state index contributed by atoms with van der Waals surface area (Å²) in [5.41, 5.74) is 13.0. The van der Waals surface area contributed by atoms with Gasteiger partial charge in [0.1, 0.15) is 5.70 Å². The van der Waals surface area contributed by atoms with Crippen molar-refractivity contribution in [1.29, 1.82) is 0 Å². The number of nitro benzene ring substituents is 1. The van der Waals surface area contributed by atoms with E-state index in [9.17, 15) is 14.9 Å². The van der Waals surface area contributed by atoms with Gasteiger partial charge in [-0.1, -0.05) is 6.92 Å². The standard InChI is InChI=1S/C13H15N5O3/c1-2-10(14)12-11(7-19)15-13(17-16-12)8-3-5-9(6-4-8)18(20)21/h3-7,10,16H,2,14H2,1H3,(H,15,17). The lowest BCUT2D eigenvalue weighted by Gasteiger charge is -2.24. The zero-order valence-corrected chi connectivity index (χ0v) is 11.4. The maximum absolute atomic E-state index is 11.1. The summed E-state index contributed by atoms with van der Waals surface area (Å²) in [6, 6.07) is 5.53. The Labute approximate surface area is 120 Å². The third-order valence-corrected chi connectivity index (χ3v) is 3.10. The van der Waals surface area contributed by atoms with Crippen molar-refractivity contribution in [2.24, 2.45) is 10.7 Å². The molecule has 0 spiro atoms. The molecule has 1 aliphatic heterocycles. The van der Waals surface area contributed by atoms with Crippen LogP contribution in [-0.2, 0) is 4.79 Å². The Balaban J connectivity index is 2.33. The molecule has 0 radical (unpaired) electrons. The summed E-state index contributed by atoms with van der Waals surface area (Å²) in [4.78, 5) is 25.5. The molecule has 4 N–H and O–H groups in total. The van der Waals surface area contributed by atoms with E-state index >= 15 is 0 Å². The molecule has 8 nitrogen and oxygen atoms in total. The Morgan fingerprint density at radius 2 is 2.05 bits per heavy atom. The minimum absolute atomic E-state index is 0.0111. The number of carbonyl (C=O) groups is 1. The van der Waals surface area contributed by atoms with Crippen LogP contribution in [0.1, 0.15) is 18.9 Å². The number of nitro groups is 1. The maximum Gasteiger partial charge on any atom is 0.269 e. The van der Waals surface area contributed by atoms with Crippen molar-refractivity contribution in [1.82, 2.24) is 10.9 Å². The van der Waals surface area contributed by atoms with Crippen LogP contribution >= 0.6 is 0 Å². The quantitative estimate of drug-likeness (QED) is 0.414. The Morgan fingerprint density at radius 3 is 2.57 bits per heavy atom. The monoisotopic (exact) mass is 289 g/mol. The molecule has 0 saturated carbocycles. The summed E-state index contributed by atoms with van der Waals surface area (Å²) in [6.45, 7) is 1.90. The largest absolute Gasteiger partial charge is 0.323 e. The summed E-state index contributed by atoms with van der Waals surface area (Å²) >= 11 is 0. The summed E-state index contributed by atoms with van der Waals surface area (Å²) in [6.07, 6.45) is 1.29. The third kappa shape index (κ3) is 3.06. The number of nitrogens with two attached hydrogens (primary N) is 1. The number of carbonyl (C=O) groups excluding carboxylic acids is 1. The zero-order valence-electron chi connectivity index (χ0n) is 11.4. The number of rotatable bonds is 5. The summed E-state index contributed by atoms with van der Waals surface area (Å²) in [7, 11) is 0. The number of non-ortho nitro benzene ring substituents is 1. The molecule has 1 aromatic rings. The first-order valence-corrected chi connectivity index (χ1v) is 6.37. The van der Waals surface area contributed by atoms with Crippen molar-refractivity contribution in [3.8, 4) is 0 Å². The molecule has 0 amide bonds. The second-order valence-electron chi connectivity index (χ2n) is 4.45. The van der Waals surface area contributed by atoms with E-state index < -0.39 is 4.92 Å². The number of aldehydes is 1. The van der Waals surface area contributed by atoms with Crippen LogP contribution in [0.15, 0.2) is 40.7 Å². The van der Waals surface area contributed by atoms with Crippen molar-refractivity contribution >= 4 is 17.8 Å². The first-order valence-electron chi connectivity index (χ1n) is 6.37. The number of aliphatic imine (C=N–C) groups is 1. The van der Waals surface area contributed by atoms with Crippen molar-refractivity contribution in [3.05, 3.63) is 51.3 Å². The van der Waals surface area contributed by atoms with E-state index in [1.54, 1.807) is 12.1 Å². The number of benzene rings is 1. The molecule has 2 rings (SSSR count). The summed E-state index contributed by atoms with van der Waals surface area (Å²) in [5.74, 6) is 0.402. The fourth-order valence-electron chi connectivity index (χ4n) is 1.85. The fourth-order valence-corrected chi connectivity index (χ4v) is 1.85. The van der Waals surface area contributed by atoms with Crippen LogP contribution in [0.4, 0.5) is 5.69 Å². The first-order chi connectivity index (χ1) is 10.1. The lowest BCUT2D eigenvalue weighted by atomic mass is 10.1. The summed E-state index contributed by atoms with van der Waals surface area (Å²) < 4.78 is 0. The van der Waals surface area contributed by atoms with E-state index in [1.807, 2.05) is 6.92 Å². The van der Waals surface area contributed by atoms with Crippen LogP contribution in [-0.4, -0.2) is 23.1 Å². The van der Waals surface area contributed by atoms with E-state index in [-0.39, 0.29) is 17.4 Å². The average Bonchev–Trinajstić information content (AvgIpc) is 2.53. The van der Waals surface area contributed by atoms with Crippen LogP contribution in [0.25, 0.3) is 0 Å². The summed E-state index contributed by atoms with van der Waals surface area (Å²) in [5, 5.41) is 10.6. The number of nitrogens with zero attached hydrogens (tertiary/aromatic N) is 2. The Morgan fingerprint density at radius 1 is 1.38 bits per heavy atom. The molecule has 1 heterocycles. The molecule has 1 unspecified atom stereocenters. The Bertz CT molecular complexity index is 621. The predicted octanol–water partition coefficient (Wildman–Crippen LogP) is 0.597. The van der Waals surface area contributed by atoms with Crippen LogP contribution in [0, 0.1) is 10.1 Å². The molecule has 21 heavy (non-hydrogen) atoms. The van der Waals surface area contributed by atoms with Crippen LogP contribution in [0.3, 0.4) is 0 Å². The highest BCUT2D eigenvalue weighted by Crippen LogP contribution is 2.15. The number of hydrazine groups is 1. The SMILES string of the molecule is CCC(N)C1=C(C=O)N=C(c2ccc([N+](=O)[O-])cc2)NN1. The van der Waals surface area contributed by atoms with Gasteiger partial charge in [0.25, 0.3) is 5.69 Å². The van der Waals surface area contributed by atoms with Crippen molar-refractivity contribution in [2.75, 3.05) is 0 Å². The van der Waals surface area contributed by atoms with Gasteiger partial charge in [-0.3, -0.25) is 25.8 Å². The maximum atomic E-state index is 11.1. The molecular formula is C13H15N5O3. The highest BCUT2D eigenvalue weighted by atomic mass is 16.6. The van der Waals surface area contributed by atoms with Crippen molar-refractivity contribution in [2.45, 2.75) is 19.4 Å². The molecular weight excluding hydrogens is 274 g/mol. The molecule has 8 heteroatoms. The molecule has 110 valence electrons. The molecule has 1 aliphatic rings. The third-order valence-electron chi connectivity index (χ3n) is 3.10. The second-order valence-corrected chi connectivity index (χ2v) is 4.45. The van der Waals surface area contributed by atoms with Crippen LogP contribution < -0.4 is 16.6 Å². The van der Waals surface area contributed by atoms with Crippen LogP contribution in [0.5, 0.6) is 0 Å². The van der Waals surface area contributed by atoms with Gasteiger partial charge in [-0.05, 0) is 18.6 Å². The highest BCUT2D eigenvalue weighted by molar-refractivity contribution is 6.01. The molecule has 0 aromatic heterocycles. The van der Waals surface area contributed by atoms with E-state index in [2.05, 4.69) is 15.8 Å². The topological polar surface area (TPSA) is 123 Å². The van der Waals surface area contributed by atoms with Gasteiger partial charge < -0.3 is 5.73 Å². The predicted molar refractivity (Wildman–Crippen MR) is 77.3 cm³/mol. The number of hydrogen-bond donors (Lipinski definition) is 3. The lowest BCUT2D eigenvalue weighted by Crippen LogP contribution is -2.46. The minimum Gasteiger partial charge on any atom is -0.323 e. The number of nitrogens with one attached hydrogen (secondary N) is 2. The normalized spacial score (nSPS) is 15.6. The number of allylic oxidation sites excluding steroid dienone is 1. The number of hydrogen-bond acceptors (Lipinski definition) is 7. The Kier molecular flexibility index (Phi) is 4.29. The Hall–Kier alpha value is -2.74. The van der Waals surface area contributed by atoms with Gasteiger partial charge in [0, 0.05) is 23.7 Å². The smallest absolute Gasteiger partial charge is 0.269 e. The van der Waals surface area contributed by atoms with Crippen molar-refractivity contribution < 1.29 is 9.72 Å². The van der Waals surface area contributed by atoms with E-state index in [1.165, 1.54) is 12.1 Å². The van der Waals surface area contributed by atoms with Gasteiger partial charge in [-0.15, -0.1) is 0 Å². The second kappa shape index (κ2) is 6.14. The van der Waals surface area contributed by atoms with Gasteiger partial charge >= 0.3 is 0 Å². The molecule has 1 aromatic carbocycles. The molecule has 0 fully saturated rings. The van der Waals surface area contributed by atoms with Gasteiger partial charge in [-0.2, -0.15) is 0 Å². The van der Waals surface area contributed by atoms with Crippen molar-refractivity contribution in [3.63, 3.8) is 0 Å². The molecule has 0 aliphatic carbocycles. The molecule has 1 atom stereocenters. The van der Waals surface area contributed by atoms with Crippen LogP contribution in [0.2, 0.25) is 0 Å². The number of amidine groups is 1. The van der Waals surface area contributed by atoms with Gasteiger partial charge in [0.05, 0.1) is 10.6 Å². The highest BCUT2D eigenvalue weighted by Gasteiger charge is 2.19. The molecule has 0 bridgehead atoms. The average molecular weight is 289 g/mol. The first kappa shape index (κ1) is 14.7. The zero-order chi connectivity index (χ0) is 15.4. The lowest BCUT2D eigenvalue weighted by molar-refractivity contribution is -0.384. The van der Waals surface area contributed by atoms with E-state index in [0.29, 0.717) is 29.8 Å². The van der Waals surface area contributed by atoms with Gasteiger partial charge in [0.15, 0.2) is 12.1 Å². The molecule has 0 saturated heterocycles. The van der Waals surface area contributed by atoms with E-state index in [0.717, 1.165) is 0 Å². The minimum atomic E-state index is -0.479. The van der Waals surface area contributed by atoms with E-state index in [4.69, 9.17) is 5.73 Å².